The van der Waals surface area contributed by atoms with E-state index in [0.717, 1.165) is 18.7 Å². The molecule has 1 heterocycles. The standard InChI is InChI=1S/C12H18ClN3OS/c1-12(17,7-18-2)6-14-10-5-9(13)15-11(16-10)8-3-4-8/h5,8,17H,3-4,6-7H2,1-2H3,(H,14,15,16). The van der Waals surface area contributed by atoms with E-state index in [4.69, 9.17) is 11.6 Å². The third kappa shape index (κ3) is 4.00. The summed E-state index contributed by atoms with van der Waals surface area (Å²) in [7, 11) is 0. The van der Waals surface area contributed by atoms with Crippen LogP contribution in [0.15, 0.2) is 6.07 Å². The Morgan fingerprint density at radius 1 is 1.56 bits per heavy atom. The minimum absolute atomic E-state index is 0.450. The van der Waals surface area contributed by atoms with E-state index < -0.39 is 5.60 Å². The summed E-state index contributed by atoms with van der Waals surface area (Å²) in [5, 5.41) is 13.7. The lowest BCUT2D eigenvalue weighted by Crippen LogP contribution is -2.36. The van der Waals surface area contributed by atoms with Gasteiger partial charge < -0.3 is 10.4 Å². The number of nitrogens with one attached hydrogen (secondary N) is 1. The first kappa shape index (κ1) is 13.9. The highest BCUT2D eigenvalue weighted by atomic mass is 35.5. The molecule has 6 heteroatoms. The summed E-state index contributed by atoms with van der Waals surface area (Å²) in [5.41, 5.74) is -0.753. The summed E-state index contributed by atoms with van der Waals surface area (Å²) < 4.78 is 0. The van der Waals surface area contributed by atoms with Gasteiger partial charge in [-0.15, -0.1) is 0 Å². The van der Waals surface area contributed by atoms with E-state index in [9.17, 15) is 5.11 Å². The highest BCUT2D eigenvalue weighted by Crippen LogP contribution is 2.38. The Hall–Kier alpha value is -0.520. The van der Waals surface area contributed by atoms with Crippen molar-refractivity contribution < 1.29 is 5.11 Å². The summed E-state index contributed by atoms with van der Waals surface area (Å²) in [4.78, 5) is 8.66. The Morgan fingerprint density at radius 2 is 2.28 bits per heavy atom. The second-order valence-electron chi connectivity index (χ2n) is 4.99. The molecule has 1 aliphatic rings. The van der Waals surface area contributed by atoms with Crippen LogP contribution in [-0.2, 0) is 0 Å². The van der Waals surface area contributed by atoms with E-state index in [1.165, 1.54) is 0 Å². The third-order valence-corrected chi connectivity index (χ3v) is 3.86. The Labute approximate surface area is 117 Å². The van der Waals surface area contributed by atoms with Gasteiger partial charge in [0.15, 0.2) is 0 Å². The van der Waals surface area contributed by atoms with Crippen molar-refractivity contribution in [1.82, 2.24) is 9.97 Å². The van der Waals surface area contributed by atoms with Crippen molar-refractivity contribution in [1.29, 1.82) is 0 Å². The fourth-order valence-electron chi connectivity index (χ4n) is 1.69. The zero-order valence-corrected chi connectivity index (χ0v) is 12.2. The molecule has 2 rings (SSSR count). The zero-order valence-electron chi connectivity index (χ0n) is 10.6. The van der Waals surface area contributed by atoms with E-state index in [2.05, 4.69) is 15.3 Å². The average Bonchev–Trinajstić information content (AvgIpc) is 3.09. The zero-order chi connectivity index (χ0) is 13.2. The predicted molar refractivity (Wildman–Crippen MR) is 76.5 cm³/mol. The topological polar surface area (TPSA) is 58.0 Å². The van der Waals surface area contributed by atoms with Crippen LogP contribution in [-0.4, -0.2) is 39.2 Å². The van der Waals surface area contributed by atoms with Crippen LogP contribution in [0.3, 0.4) is 0 Å². The highest BCUT2D eigenvalue weighted by Gasteiger charge is 2.27. The molecule has 0 saturated heterocycles. The van der Waals surface area contributed by atoms with Crippen LogP contribution in [0.25, 0.3) is 0 Å². The fourth-order valence-corrected chi connectivity index (χ4v) is 2.61. The molecule has 1 aromatic heterocycles. The van der Waals surface area contributed by atoms with Gasteiger partial charge in [-0.05, 0) is 26.0 Å². The molecule has 0 aromatic carbocycles. The summed E-state index contributed by atoms with van der Waals surface area (Å²) in [6.07, 6.45) is 4.26. The Kier molecular flexibility index (Phi) is 4.35. The maximum atomic E-state index is 10.1. The maximum Gasteiger partial charge on any atom is 0.135 e. The van der Waals surface area contributed by atoms with Gasteiger partial charge in [0.05, 0.1) is 5.60 Å². The number of halogens is 1. The van der Waals surface area contributed by atoms with Gasteiger partial charge >= 0.3 is 0 Å². The summed E-state index contributed by atoms with van der Waals surface area (Å²) in [6.45, 7) is 2.26. The minimum atomic E-state index is -0.753. The van der Waals surface area contributed by atoms with Crippen molar-refractivity contribution in [3.63, 3.8) is 0 Å². The lowest BCUT2D eigenvalue weighted by molar-refractivity contribution is 0.0996. The van der Waals surface area contributed by atoms with E-state index in [1.54, 1.807) is 24.8 Å². The predicted octanol–water partition coefficient (Wildman–Crippen LogP) is 2.53. The van der Waals surface area contributed by atoms with Gasteiger partial charge in [0, 0.05) is 24.3 Å². The molecule has 1 aliphatic carbocycles. The molecule has 2 N–H and O–H groups in total. The fraction of sp³-hybridized carbons (Fsp3) is 0.667. The second kappa shape index (κ2) is 5.63. The molecular weight excluding hydrogens is 270 g/mol. The van der Waals surface area contributed by atoms with Crippen molar-refractivity contribution in [2.24, 2.45) is 0 Å². The monoisotopic (exact) mass is 287 g/mol. The van der Waals surface area contributed by atoms with Crippen LogP contribution in [0.4, 0.5) is 5.82 Å². The normalized spacial score (nSPS) is 18.4. The lowest BCUT2D eigenvalue weighted by Gasteiger charge is -2.22. The first-order chi connectivity index (χ1) is 8.50. The molecular formula is C12H18ClN3OS. The number of aliphatic hydroxyl groups is 1. The van der Waals surface area contributed by atoms with Gasteiger partial charge in [0.25, 0.3) is 0 Å². The Bertz CT molecular complexity index is 424. The van der Waals surface area contributed by atoms with Crippen LogP contribution in [0.2, 0.25) is 5.15 Å². The van der Waals surface area contributed by atoms with E-state index in [-0.39, 0.29) is 0 Å². The second-order valence-corrected chi connectivity index (χ2v) is 6.25. The molecule has 1 aromatic rings. The van der Waals surface area contributed by atoms with Gasteiger partial charge in [-0.3, -0.25) is 0 Å². The van der Waals surface area contributed by atoms with Crippen molar-refractivity contribution in [3.05, 3.63) is 17.0 Å². The van der Waals surface area contributed by atoms with Crippen molar-refractivity contribution in [2.45, 2.75) is 31.3 Å². The molecule has 0 aliphatic heterocycles. The van der Waals surface area contributed by atoms with Gasteiger partial charge in [-0.25, -0.2) is 9.97 Å². The SMILES string of the molecule is CSCC(C)(O)CNc1cc(Cl)nc(C2CC2)n1. The molecule has 4 nitrogen and oxygen atoms in total. The molecule has 0 spiro atoms. The molecule has 1 unspecified atom stereocenters. The number of hydrogen-bond acceptors (Lipinski definition) is 5. The number of aromatic nitrogens is 2. The van der Waals surface area contributed by atoms with E-state index in [1.807, 2.05) is 6.26 Å². The summed E-state index contributed by atoms with van der Waals surface area (Å²) in [5.74, 6) is 2.65. The van der Waals surface area contributed by atoms with Crippen molar-refractivity contribution in [2.75, 3.05) is 23.9 Å². The van der Waals surface area contributed by atoms with E-state index in [0.29, 0.717) is 29.2 Å². The largest absolute Gasteiger partial charge is 0.387 e. The highest BCUT2D eigenvalue weighted by molar-refractivity contribution is 7.98. The van der Waals surface area contributed by atoms with Crippen LogP contribution in [0.5, 0.6) is 0 Å². The third-order valence-electron chi connectivity index (χ3n) is 2.76. The quantitative estimate of drug-likeness (QED) is 0.788. The van der Waals surface area contributed by atoms with Gasteiger partial charge in [-0.2, -0.15) is 11.8 Å². The number of thioether (sulfide) groups is 1. The first-order valence-corrected chi connectivity index (χ1v) is 7.77. The molecule has 0 radical (unpaired) electrons. The van der Waals surface area contributed by atoms with Gasteiger partial charge in [0.1, 0.15) is 16.8 Å². The number of rotatable bonds is 6. The number of nitrogens with zero attached hydrogens (tertiary/aromatic N) is 2. The smallest absolute Gasteiger partial charge is 0.135 e. The molecule has 100 valence electrons. The van der Waals surface area contributed by atoms with Crippen LogP contribution in [0, 0.1) is 0 Å². The summed E-state index contributed by atoms with van der Waals surface area (Å²) in [6, 6.07) is 1.70. The van der Waals surface area contributed by atoms with Crippen LogP contribution in [0.1, 0.15) is 31.5 Å². The molecule has 1 fully saturated rings. The maximum absolute atomic E-state index is 10.1. The Balaban J connectivity index is 2.00. The van der Waals surface area contributed by atoms with Crippen molar-refractivity contribution in [3.8, 4) is 0 Å². The molecule has 0 amide bonds. The molecule has 0 bridgehead atoms. The lowest BCUT2D eigenvalue weighted by atomic mass is 10.1. The number of hydrogen-bond donors (Lipinski definition) is 2. The molecule has 18 heavy (non-hydrogen) atoms. The van der Waals surface area contributed by atoms with Crippen LogP contribution >= 0.6 is 23.4 Å². The minimum Gasteiger partial charge on any atom is -0.387 e. The van der Waals surface area contributed by atoms with Crippen LogP contribution < -0.4 is 5.32 Å². The molecule has 1 atom stereocenters. The van der Waals surface area contributed by atoms with Crippen molar-refractivity contribution >= 4 is 29.2 Å². The van der Waals surface area contributed by atoms with Gasteiger partial charge in [-0.1, -0.05) is 11.6 Å². The first-order valence-electron chi connectivity index (χ1n) is 6.00. The number of anilines is 1. The van der Waals surface area contributed by atoms with Gasteiger partial charge in [0.2, 0.25) is 0 Å². The summed E-state index contributed by atoms with van der Waals surface area (Å²) >= 11 is 7.59. The Morgan fingerprint density at radius 3 is 2.89 bits per heavy atom. The van der Waals surface area contributed by atoms with E-state index >= 15 is 0 Å². The average molecular weight is 288 g/mol. The molecule has 1 saturated carbocycles.